The molecular formula is C32H33N5O3S. The van der Waals surface area contributed by atoms with Crippen LogP contribution in [0.15, 0.2) is 79.0 Å². The van der Waals surface area contributed by atoms with Crippen LogP contribution in [0.25, 0.3) is 5.69 Å². The molecule has 4 aromatic rings. The molecule has 0 aliphatic carbocycles. The minimum absolute atomic E-state index is 0.0887. The second-order valence-corrected chi connectivity index (χ2v) is 10.5. The Morgan fingerprint density at radius 1 is 1.02 bits per heavy atom. The summed E-state index contributed by atoms with van der Waals surface area (Å²) in [4.78, 5) is 32.2. The van der Waals surface area contributed by atoms with Crippen molar-refractivity contribution in [3.8, 4) is 5.69 Å². The van der Waals surface area contributed by atoms with Gasteiger partial charge in [-0.25, -0.2) is 4.79 Å². The molecule has 0 radical (unpaired) electrons. The number of rotatable bonds is 8. The lowest BCUT2D eigenvalue weighted by atomic mass is 9.96. The average molecular weight is 568 g/mol. The van der Waals surface area contributed by atoms with Crippen LogP contribution in [0, 0.1) is 20.8 Å². The van der Waals surface area contributed by atoms with E-state index in [2.05, 4.69) is 31.2 Å². The van der Waals surface area contributed by atoms with Gasteiger partial charge in [0.2, 0.25) is 5.91 Å². The Balaban J connectivity index is 1.50. The average Bonchev–Trinajstić information content (AvgIpc) is 3.47. The number of nitrogens with one attached hydrogen (secondary N) is 2. The molecule has 1 saturated heterocycles. The van der Waals surface area contributed by atoms with E-state index in [1.165, 1.54) is 7.11 Å². The number of pyridine rings is 1. The zero-order chi connectivity index (χ0) is 29.1. The summed E-state index contributed by atoms with van der Waals surface area (Å²) in [6, 6.07) is 22.6. The third-order valence-corrected chi connectivity index (χ3v) is 7.80. The van der Waals surface area contributed by atoms with Gasteiger partial charge in [0.15, 0.2) is 5.11 Å². The monoisotopic (exact) mass is 567 g/mol. The lowest BCUT2D eigenvalue weighted by Crippen LogP contribution is -2.32. The standard InChI is InChI=1S/C32H33N5O3S/c1-20-12-14-23(15-13-20)34-28(38)16-18-36-30(29(35-32(36)41)26-10-7-8-17-33-26)25-19-21(2)37(22(25)3)27-11-6-5-9-24(27)31(39)40-4/h5-15,17,19,29-30H,16,18H2,1-4H3,(H,34,38)(H,35,41)/t29-,30+/m1/s1. The van der Waals surface area contributed by atoms with E-state index < -0.39 is 5.97 Å². The highest BCUT2D eigenvalue weighted by molar-refractivity contribution is 7.80. The number of aryl methyl sites for hydroxylation is 2. The first-order chi connectivity index (χ1) is 19.8. The number of para-hydroxylation sites is 1. The number of carbonyl (C=O) groups excluding carboxylic acids is 2. The number of esters is 1. The number of methoxy groups -OCH3 is 1. The minimum Gasteiger partial charge on any atom is -0.465 e. The van der Waals surface area contributed by atoms with Crippen molar-refractivity contribution in [3.05, 3.63) is 113 Å². The summed E-state index contributed by atoms with van der Waals surface area (Å²) < 4.78 is 7.13. The molecule has 0 bridgehead atoms. The second-order valence-electron chi connectivity index (χ2n) is 10.2. The maximum absolute atomic E-state index is 12.9. The number of carbonyl (C=O) groups is 2. The number of amides is 1. The van der Waals surface area contributed by atoms with Crippen molar-refractivity contribution in [1.29, 1.82) is 0 Å². The summed E-state index contributed by atoms with van der Waals surface area (Å²) in [6.45, 7) is 6.48. The van der Waals surface area contributed by atoms with Crippen LogP contribution in [-0.2, 0) is 9.53 Å². The van der Waals surface area contributed by atoms with E-state index in [9.17, 15) is 9.59 Å². The highest BCUT2D eigenvalue weighted by Gasteiger charge is 2.41. The lowest BCUT2D eigenvalue weighted by molar-refractivity contribution is -0.116. The van der Waals surface area contributed by atoms with Crippen molar-refractivity contribution in [3.63, 3.8) is 0 Å². The number of aromatic nitrogens is 2. The largest absolute Gasteiger partial charge is 0.465 e. The smallest absolute Gasteiger partial charge is 0.339 e. The molecule has 41 heavy (non-hydrogen) atoms. The fraction of sp³-hybridized carbons (Fsp3) is 0.250. The fourth-order valence-corrected chi connectivity index (χ4v) is 5.81. The Morgan fingerprint density at radius 2 is 1.76 bits per heavy atom. The third kappa shape index (κ3) is 5.71. The van der Waals surface area contributed by atoms with Gasteiger partial charge < -0.3 is 24.8 Å². The molecule has 2 aromatic heterocycles. The van der Waals surface area contributed by atoms with E-state index >= 15 is 0 Å². The Hall–Kier alpha value is -4.50. The Bertz CT molecular complexity index is 1580. The molecule has 0 unspecified atom stereocenters. The molecule has 0 saturated carbocycles. The van der Waals surface area contributed by atoms with Gasteiger partial charge in [0.1, 0.15) is 0 Å². The van der Waals surface area contributed by atoms with Crippen molar-refractivity contribution in [2.45, 2.75) is 39.3 Å². The van der Waals surface area contributed by atoms with Crippen LogP contribution in [0.3, 0.4) is 0 Å². The molecule has 1 amide bonds. The molecule has 9 heteroatoms. The molecule has 0 spiro atoms. The first-order valence-corrected chi connectivity index (χ1v) is 13.9. The first kappa shape index (κ1) is 28.0. The number of thiocarbonyl (C=S) groups is 1. The van der Waals surface area contributed by atoms with Crippen LogP contribution in [0.1, 0.15) is 57.1 Å². The summed E-state index contributed by atoms with van der Waals surface area (Å²) in [7, 11) is 1.38. The Kier molecular flexibility index (Phi) is 8.16. The van der Waals surface area contributed by atoms with Crippen LogP contribution < -0.4 is 10.6 Å². The Morgan fingerprint density at radius 3 is 2.46 bits per heavy atom. The summed E-state index contributed by atoms with van der Waals surface area (Å²) >= 11 is 5.83. The number of hydrogen-bond acceptors (Lipinski definition) is 5. The van der Waals surface area contributed by atoms with Crippen molar-refractivity contribution < 1.29 is 14.3 Å². The molecule has 1 aliphatic rings. The van der Waals surface area contributed by atoms with Crippen LogP contribution in [0.2, 0.25) is 0 Å². The number of hydrogen-bond donors (Lipinski definition) is 2. The van der Waals surface area contributed by atoms with Crippen LogP contribution in [-0.4, -0.2) is 45.1 Å². The number of anilines is 1. The summed E-state index contributed by atoms with van der Waals surface area (Å²) in [5, 5.41) is 7.01. The quantitative estimate of drug-likeness (QED) is 0.212. The maximum Gasteiger partial charge on any atom is 0.339 e. The molecule has 1 fully saturated rings. The molecule has 2 atom stereocenters. The highest BCUT2D eigenvalue weighted by atomic mass is 32.1. The molecule has 8 nitrogen and oxygen atoms in total. The summed E-state index contributed by atoms with van der Waals surface area (Å²) in [5.41, 5.74) is 6.93. The Labute approximate surface area is 245 Å². The zero-order valence-corrected chi connectivity index (χ0v) is 24.4. The van der Waals surface area contributed by atoms with Crippen molar-refractivity contribution in [2.75, 3.05) is 19.0 Å². The molecule has 210 valence electrons. The van der Waals surface area contributed by atoms with Crippen molar-refractivity contribution in [2.24, 2.45) is 0 Å². The molecule has 2 aromatic carbocycles. The predicted octanol–water partition coefficient (Wildman–Crippen LogP) is 5.59. The van der Waals surface area contributed by atoms with E-state index in [0.29, 0.717) is 17.2 Å². The second kappa shape index (κ2) is 11.9. The molecule has 1 aliphatic heterocycles. The van der Waals surface area contributed by atoms with Crippen LogP contribution >= 0.6 is 12.2 Å². The molecular weight excluding hydrogens is 534 g/mol. The summed E-state index contributed by atoms with van der Waals surface area (Å²) in [6.07, 6.45) is 2.02. The van der Waals surface area contributed by atoms with E-state index in [-0.39, 0.29) is 24.4 Å². The topological polar surface area (TPSA) is 88.5 Å². The van der Waals surface area contributed by atoms with Gasteiger partial charge >= 0.3 is 5.97 Å². The van der Waals surface area contributed by atoms with E-state index in [1.807, 2.05) is 81.4 Å². The zero-order valence-electron chi connectivity index (χ0n) is 23.5. The molecule has 5 rings (SSSR count). The maximum atomic E-state index is 12.9. The first-order valence-electron chi connectivity index (χ1n) is 13.5. The number of ether oxygens (including phenoxy) is 1. The van der Waals surface area contributed by atoms with Gasteiger partial charge in [-0.1, -0.05) is 35.9 Å². The molecule has 3 heterocycles. The third-order valence-electron chi connectivity index (χ3n) is 7.45. The highest BCUT2D eigenvalue weighted by Crippen LogP contribution is 2.41. The van der Waals surface area contributed by atoms with Gasteiger partial charge in [0.05, 0.1) is 36.1 Å². The van der Waals surface area contributed by atoms with Crippen molar-refractivity contribution in [1.82, 2.24) is 19.8 Å². The normalized spacial score (nSPS) is 16.4. The number of nitrogens with zero attached hydrogens (tertiary/aromatic N) is 3. The fourth-order valence-electron chi connectivity index (χ4n) is 5.48. The lowest BCUT2D eigenvalue weighted by Gasteiger charge is -2.28. The van der Waals surface area contributed by atoms with E-state index in [0.717, 1.165) is 39.6 Å². The van der Waals surface area contributed by atoms with Crippen molar-refractivity contribution >= 4 is 34.9 Å². The van der Waals surface area contributed by atoms with Gasteiger partial charge in [0.25, 0.3) is 0 Å². The van der Waals surface area contributed by atoms with Crippen LogP contribution in [0.5, 0.6) is 0 Å². The predicted molar refractivity (Wildman–Crippen MR) is 163 cm³/mol. The minimum atomic E-state index is -0.397. The summed E-state index contributed by atoms with van der Waals surface area (Å²) in [5.74, 6) is -0.486. The van der Waals surface area contributed by atoms with Gasteiger partial charge in [0, 0.05) is 36.2 Å². The van der Waals surface area contributed by atoms with E-state index in [4.69, 9.17) is 17.0 Å². The van der Waals surface area contributed by atoms with Gasteiger partial charge in [-0.05, 0) is 81.0 Å². The van der Waals surface area contributed by atoms with Gasteiger partial charge in [-0.2, -0.15) is 0 Å². The SMILES string of the molecule is COC(=O)c1ccccc1-n1c(C)cc([C@H]2[C@@H](c3ccccn3)NC(=S)N2CCC(=O)Nc2ccc(C)cc2)c1C. The van der Waals surface area contributed by atoms with Crippen LogP contribution in [0.4, 0.5) is 5.69 Å². The van der Waals surface area contributed by atoms with Gasteiger partial charge in [-0.3, -0.25) is 9.78 Å². The number of benzene rings is 2. The molecule has 2 N–H and O–H groups in total. The van der Waals surface area contributed by atoms with E-state index in [1.54, 1.807) is 12.3 Å². The van der Waals surface area contributed by atoms with Gasteiger partial charge in [-0.15, -0.1) is 0 Å².